The Labute approximate surface area is 271 Å². The molecule has 9 heteroatoms. The Morgan fingerprint density at radius 1 is 0.822 bits per heavy atom. The molecule has 0 aromatic heterocycles. The average molecular weight is 646 g/mol. The van der Waals surface area contributed by atoms with Gasteiger partial charge >= 0.3 is 0 Å². The molecule has 236 valence electrons. The molecule has 1 atom stereocenters. The lowest BCUT2D eigenvalue weighted by atomic mass is 10.0. The standard InChI is InChI=1S/C36H40ClN3O4S/c1-26(2)23-38-36(42)34(21-29-14-7-5-8-15-29)39(24-30-16-12-11-13-27(30)3)35(41)25-40(33-22-31(37)20-19-28(33)4)45(43,44)32-17-9-6-10-18-32/h5-20,22,26,34H,21,23-25H2,1-4H3,(H,38,42)/t34-/m1/s1. The van der Waals surface area contributed by atoms with Crippen LogP contribution in [-0.4, -0.2) is 44.3 Å². The van der Waals surface area contributed by atoms with Crippen LogP contribution in [0.3, 0.4) is 0 Å². The zero-order chi connectivity index (χ0) is 32.6. The molecule has 0 fully saturated rings. The number of aryl methyl sites for hydroxylation is 2. The van der Waals surface area contributed by atoms with Gasteiger partial charge in [0.1, 0.15) is 12.6 Å². The minimum absolute atomic E-state index is 0.0399. The maximum absolute atomic E-state index is 14.6. The highest BCUT2D eigenvalue weighted by Crippen LogP contribution is 2.30. The van der Waals surface area contributed by atoms with Crippen LogP contribution < -0.4 is 9.62 Å². The number of carbonyl (C=O) groups is 2. The number of anilines is 1. The largest absolute Gasteiger partial charge is 0.354 e. The molecule has 0 unspecified atom stereocenters. The van der Waals surface area contributed by atoms with Gasteiger partial charge in [-0.2, -0.15) is 0 Å². The number of hydrogen-bond donors (Lipinski definition) is 1. The third kappa shape index (κ3) is 8.74. The van der Waals surface area contributed by atoms with Gasteiger partial charge in [0, 0.05) is 24.5 Å². The number of nitrogens with zero attached hydrogens (tertiary/aromatic N) is 2. The maximum Gasteiger partial charge on any atom is 0.264 e. The lowest BCUT2D eigenvalue weighted by molar-refractivity contribution is -0.140. The van der Waals surface area contributed by atoms with Crippen LogP contribution in [-0.2, 0) is 32.6 Å². The molecule has 0 aliphatic rings. The monoisotopic (exact) mass is 645 g/mol. The third-order valence-electron chi connectivity index (χ3n) is 7.61. The first-order valence-corrected chi connectivity index (χ1v) is 16.8. The van der Waals surface area contributed by atoms with Crippen LogP contribution in [0.5, 0.6) is 0 Å². The second kappa shape index (κ2) is 15.2. The number of halogens is 1. The van der Waals surface area contributed by atoms with E-state index in [-0.39, 0.29) is 29.7 Å². The van der Waals surface area contributed by atoms with Crippen LogP contribution in [0.2, 0.25) is 5.02 Å². The Morgan fingerprint density at radius 3 is 2.09 bits per heavy atom. The molecule has 4 rings (SSSR count). The number of amides is 2. The van der Waals surface area contributed by atoms with Crippen molar-refractivity contribution in [1.29, 1.82) is 0 Å². The van der Waals surface area contributed by atoms with Crippen molar-refractivity contribution in [3.8, 4) is 0 Å². The minimum atomic E-state index is -4.20. The molecule has 7 nitrogen and oxygen atoms in total. The van der Waals surface area contributed by atoms with Crippen LogP contribution in [0.15, 0.2) is 108 Å². The molecule has 0 radical (unpaired) electrons. The van der Waals surface area contributed by atoms with Crippen LogP contribution in [0.1, 0.15) is 36.1 Å². The summed E-state index contributed by atoms with van der Waals surface area (Å²) in [6.07, 6.45) is 0.254. The van der Waals surface area contributed by atoms with Crippen molar-refractivity contribution in [2.24, 2.45) is 5.92 Å². The zero-order valence-electron chi connectivity index (χ0n) is 26.1. The lowest BCUT2D eigenvalue weighted by Crippen LogP contribution is -2.54. The Kier molecular flexibility index (Phi) is 11.4. The van der Waals surface area contributed by atoms with Gasteiger partial charge in [-0.1, -0.05) is 104 Å². The molecule has 2 amide bonds. The van der Waals surface area contributed by atoms with Crippen molar-refractivity contribution in [1.82, 2.24) is 10.2 Å². The highest BCUT2D eigenvalue weighted by molar-refractivity contribution is 7.92. The van der Waals surface area contributed by atoms with Crippen molar-refractivity contribution in [2.45, 2.75) is 51.6 Å². The highest BCUT2D eigenvalue weighted by atomic mass is 35.5. The summed E-state index contributed by atoms with van der Waals surface area (Å²) < 4.78 is 29.4. The fourth-order valence-electron chi connectivity index (χ4n) is 5.03. The van der Waals surface area contributed by atoms with Gasteiger partial charge < -0.3 is 10.2 Å². The first kappa shape index (κ1) is 33.7. The predicted molar refractivity (Wildman–Crippen MR) is 181 cm³/mol. The summed E-state index contributed by atoms with van der Waals surface area (Å²) in [6, 6.07) is 29.2. The van der Waals surface area contributed by atoms with Gasteiger partial charge in [0.2, 0.25) is 11.8 Å². The second-order valence-corrected chi connectivity index (χ2v) is 13.8. The number of hydrogen-bond acceptors (Lipinski definition) is 4. The minimum Gasteiger partial charge on any atom is -0.354 e. The van der Waals surface area contributed by atoms with E-state index in [9.17, 15) is 18.0 Å². The summed E-state index contributed by atoms with van der Waals surface area (Å²) >= 11 is 6.35. The Balaban J connectivity index is 1.83. The molecule has 0 saturated heterocycles. The second-order valence-electron chi connectivity index (χ2n) is 11.5. The molecule has 1 N–H and O–H groups in total. The third-order valence-corrected chi connectivity index (χ3v) is 9.62. The number of rotatable bonds is 13. The molecule has 4 aromatic rings. The molecule has 0 saturated carbocycles. The Hall–Kier alpha value is -4.14. The van der Waals surface area contributed by atoms with E-state index < -0.39 is 28.5 Å². The molecule has 0 aliphatic heterocycles. The van der Waals surface area contributed by atoms with E-state index in [2.05, 4.69) is 5.32 Å². The molecule has 0 aliphatic carbocycles. The maximum atomic E-state index is 14.6. The van der Waals surface area contributed by atoms with Crippen molar-refractivity contribution >= 4 is 39.1 Å². The summed E-state index contributed by atoms with van der Waals surface area (Å²) in [5.41, 5.74) is 3.61. The first-order valence-electron chi connectivity index (χ1n) is 15.0. The van der Waals surface area contributed by atoms with Crippen LogP contribution in [0, 0.1) is 19.8 Å². The summed E-state index contributed by atoms with van der Waals surface area (Å²) in [5.74, 6) is -0.618. The van der Waals surface area contributed by atoms with Gasteiger partial charge in [-0.3, -0.25) is 13.9 Å². The first-order chi connectivity index (χ1) is 21.5. The van der Waals surface area contributed by atoms with Crippen molar-refractivity contribution < 1.29 is 18.0 Å². The van der Waals surface area contributed by atoms with Gasteiger partial charge in [0.05, 0.1) is 10.6 Å². The number of nitrogens with one attached hydrogen (secondary N) is 1. The highest BCUT2D eigenvalue weighted by Gasteiger charge is 2.35. The van der Waals surface area contributed by atoms with E-state index in [4.69, 9.17) is 11.6 Å². The quantitative estimate of drug-likeness (QED) is 0.178. The van der Waals surface area contributed by atoms with Crippen molar-refractivity contribution in [3.63, 3.8) is 0 Å². The van der Waals surface area contributed by atoms with Gasteiger partial charge in [-0.15, -0.1) is 0 Å². The molecule has 4 aromatic carbocycles. The molecular formula is C36H40ClN3O4S. The Bertz CT molecular complexity index is 1710. The normalized spacial score (nSPS) is 12.0. The summed E-state index contributed by atoms with van der Waals surface area (Å²) in [4.78, 5) is 30.0. The molecular weight excluding hydrogens is 606 g/mol. The van der Waals surface area contributed by atoms with Crippen molar-refractivity contribution in [3.05, 3.63) is 130 Å². The Morgan fingerprint density at radius 2 is 1.44 bits per heavy atom. The molecule has 45 heavy (non-hydrogen) atoms. The fraction of sp³-hybridized carbons (Fsp3) is 0.278. The van der Waals surface area contributed by atoms with Crippen LogP contribution >= 0.6 is 11.6 Å². The SMILES string of the molecule is Cc1ccccc1CN(C(=O)CN(c1cc(Cl)ccc1C)S(=O)(=O)c1ccccc1)[C@H](Cc1ccccc1)C(=O)NCC(C)C. The number of carbonyl (C=O) groups excluding carboxylic acids is 2. The molecule has 0 heterocycles. The topological polar surface area (TPSA) is 86.8 Å². The van der Waals surface area contributed by atoms with Gasteiger partial charge in [-0.05, 0) is 66.3 Å². The fourth-order valence-corrected chi connectivity index (χ4v) is 6.69. The van der Waals surface area contributed by atoms with E-state index in [0.29, 0.717) is 22.8 Å². The lowest BCUT2D eigenvalue weighted by Gasteiger charge is -2.34. The number of sulfonamides is 1. The molecule has 0 spiro atoms. The van der Waals surface area contributed by atoms with Crippen molar-refractivity contribution in [2.75, 3.05) is 17.4 Å². The van der Waals surface area contributed by atoms with E-state index in [1.165, 1.54) is 17.0 Å². The van der Waals surface area contributed by atoms with E-state index in [1.54, 1.807) is 43.3 Å². The van der Waals surface area contributed by atoms with E-state index in [0.717, 1.165) is 21.0 Å². The van der Waals surface area contributed by atoms with E-state index >= 15 is 0 Å². The average Bonchev–Trinajstić information content (AvgIpc) is 3.03. The summed E-state index contributed by atoms with van der Waals surface area (Å²) in [7, 11) is -4.20. The predicted octanol–water partition coefficient (Wildman–Crippen LogP) is 6.56. The molecule has 0 bridgehead atoms. The number of benzene rings is 4. The summed E-state index contributed by atoms with van der Waals surface area (Å²) in [5, 5.41) is 3.35. The van der Waals surface area contributed by atoms with Crippen LogP contribution in [0.25, 0.3) is 0 Å². The van der Waals surface area contributed by atoms with Crippen LogP contribution in [0.4, 0.5) is 5.69 Å². The van der Waals surface area contributed by atoms with Gasteiger partial charge in [-0.25, -0.2) is 8.42 Å². The smallest absolute Gasteiger partial charge is 0.264 e. The van der Waals surface area contributed by atoms with Gasteiger partial charge in [0.15, 0.2) is 0 Å². The van der Waals surface area contributed by atoms with E-state index in [1.807, 2.05) is 75.4 Å². The summed E-state index contributed by atoms with van der Waals surface area (Å²) in [6.45, 7) is 7.74. The zero-order valence-corrected chi connectivity index (χ0v) is 27.7. The van der Waals surface area contributed by atoms with Gasteiger partial charge in [0.25, 0.3) is 10.0 Å².